The summed E-state index contributed by atoms with van der Waals surface area (Å²) in [6.07, 6.45) is -0.260. The summed E-state index contributed by atoms with van der Waals surface area (Å²) >= 11 is 0. The van der Waals surface area contributed by atoms with Gasteiger partial charge in [0.15, 0.2) is 0 Å². The molecule has 0 bridgehead atoms. The summed E-state index contributed by atoms with van der Waals surface area (Å²) in [6.45, 7) is 0.0935. The number of phenols is 1. The molecule has 90 valence electrons. The smallest absolute Gasteiger partial charge is 0.404 e. The molecule has 0 heterocycles. The molecule has 0 fully saturated rings. The van der Waals surface area contributed by atoms with Gasteiger partial charge in [0, 0.05) is 6.04 Å². The predicted octanol–water partition coefficient (Wildman–Crippen LogP) is 0.779. The van der Waals surface area contributed by atoms with Gasteiger partial charge in [0.25, 0.3) is 0 Å². The van der Waals surface area contributed by atoms with Gasteiger partial charge >= 0.3 is 6.09 Å². The van der Waals surface area contributed by atoms with Crippen molar-refractivity contribution in [3.8, 4) is 5.75 Å². The molecule has 1 aromatic carbocycles. The van der Waals surface area contributed by atoms with Crippen LogP contribution in [0.25, 0.3) is 0 Å². The van der Waals surface area contributed by atoms with Crippen LogP contribution in [-0.2, 0) is 11.2 Å². The molecule has 0 aromatic heterocycles. The van der Waals surface area contributed by atoms with Gasteiger partial charge in [-0.15, -0.1) is 12.4 Å². The third-order valence-electron chi connectivity index (χ3n) is 1.87. The van der Waals surface area contributed by atoms with Crippen LogP contribution in [0.15, 0.2) is 24.3 Å². The van der Waals surface area contributed by atoms with E-state index in [2.05, 4.69) is 4.74 Å². The van der Waals surface area contributed by atoms with Crippen LogP contribution >= 0.6 is 12.4 Å². The number of carbonyl (C=O) groups excluding carboxylic acids is 1. The number of carbonyl (C=O) groups is 1. The largest absolute Gasteiger partial charge is 0.508 e. The molecule has 1 amide bonds. The molecule has 5 N–H and O–H groups in total. The third kappa shape index (κ3) is 5.43. The monoisotopic (exact) mass is 246 g/mol. The van der Waals surface area contributed by atoms with Crippen molar-refractivity contribution in [3.05, 3.63) is 29.8 Å². The first-order valence-corrected chi connectivity index (χ1v) is 4.53. The van der Waals surface area contributed by atoms with E-state index in [0.29, 0.717) is 6.42 Å². The Hall–Kier alpha value is -1.46. The fourth-order valence-electron chi connectivity index (χ4n) is 1.18. The summed E-state index contributed by atoms with van der Waals surface area (Å²) in [6, 6.07) is 6.40. The number of amides is 1. The van der Waals surface area contributed by atoms with Crippen LogP contribution in [0.1, 0.15) is 5.56 Å². The van der Waals surface area contributed by atoms with E-state index in [-0.39, 0.29) is 30.8 Å². The van der Waals surface area contributed by atoms with Gasteiger partial charge in [0.05, 0.1) is 0 Å². The Bertz CT molecular complexity index is 329. The van der Waals surface area contributed by atoms with Crippen molar-refractivity contribution in [3.63, 3.8) is 0 Å². The highest BCUT2D eigenvalue weighted by Crippen LogP contribution is 2.10. The average molecular weight is 247 g/mol. The van der Waals surface area contributed by atoms with Crippen molar-refractivity contribution in [2.24, 2.45) is 11.5 Å². The van der Waals surface area contributed by atoms with Crippen LogP contribution in [-0.4, -0.2) is 23.8 Å². The van der Waals surface area contributed by atoms with Gasteiger partial charge in [0.1, 0.15) is 12.4 Å². The van der Waals surface area contributed by atoms with Crippen LogP contribution < -0.4 is 11.5 Å². The molecule has 6 heteroatoms. The zero-order valence-electron chi connectivity index (χ0n) is 8.63. The highest BCUT2D eigenvalue weighted by molar-refractivity contribution is 5.85. The molecule has 0 unspecified atom stereocenters. The van der Waals surface area contributed by atoms with Crippen molar-refractivity contribution in [1.82, 2.24) is 0 Å². The zero-order valence-corrected chi connectivity index (χ0v) is 9.44. The lowest BCUT2D eigenvalue weighted by Gasteiger charge is -2.10. The highest BCUT2D eigenvalue weighted by atomic mass is 35.5. The molecule has 0 saturated heterocycles. The van der Waals surface area contributed by atoms with Crippen molar-refractivity contribution >= 4 is 18.5 Å². The summed E-state index contributed by atoms with van der Waals surface area (Å²) in [5.41, 5.74) is 11.5. The van der Waals surface area contributed by atoms with Crippen LogP contribution in [0.4, 0.5) is 4.79 Å². The zero-order chi connectivity index (χ0) is 11.3. The Labute approximate surface area is 99.8 Å². The second-order valence-electron chi connectivity index (χ2n) is 3.26. The number of phenolic OH excluding ortho intramolecular Hbond substituents is 1. The number of primary amides is 1. The van der Waals surface area contributed by atoms with E-state index in [0.717, 1.165) is 5.56 Å². The van der Waals surface area contributed by atoms with Gasteiger partial charge in [0.2, 0.25) is 0 Å². The van der Waals surface area contributed by atoms with Gasteiger partial charge in [-0.2, -0.15) is 0 Å². The third-order valence-corrected chi connectivity index (χ3v) is 1.87. The van der Waals surface area contributed by atoms with E-state index in [1.807, 2.05) is 0 Å². The molecular formula is C10H15ClN2O3. The topological polar surface area (TPSA) is 98.6 Å². The second kappa shape index (κ2) is 6.92. The lowest BCUT2D eigenvalue weighted by molar-refractivity contribution is 0.149. The number of hydrogen-bond donors (Lipinski definition) is 3. The normalized spacial score (nSPS) is 11.3. The molecule has 0 aliphatic carbocycles. The quantitative estimate of drug-likeness (QED) is 0.731. The standard InChI is InChI=1S/C10H14N2O3.ClH/c11-8(6-15-10(12)14)5-7-1-3-9(13)4-2-7;/h1-4,8,13H,5-6,11H2,(H2,12,14);1H/t8-;/m0./s1. The molecule has 1 atom stereocenters. The Balaban J connectivity index is 0.00000225. The first-order valence-electron chi connectivity index (χ1n) is 4.53. The number of nitrogens with two attached hydrogens (primary N) is 2. The molecule has 5 nitrogen and oxygen atoms in total. The maximum atomic E-state index is 10.3. The first kappa shape index (κ1) is 14.5. The van der Waals surface area contributed by atoms with E-state index in [9.17, 15) is 4.79 Å². The summed E-state index contributed by atoms with van der Waals surface area (Å²) < 4.78 is 4.56. The Morgan fingerprint density at radius 2 is 1.94 bits per heavy atom. The minimum absolute atomic E-state index is 0. The number of halogens is 1. The number of hydrogen-bond acceptors (Lipinski definition) is 4. The van der Waals surface area contributed by atoms with Gasteiger partial charge in [-0.05, 0) is 24.1 Å². The molecule has 1 aromatic rings. The first-order chi connectivity index (χ1) is 7.08. The van der Waals surface area contributed by atoms with Gasteiger partial charge < -0.3 is 21.3 Å². The maximum absolute atomic E-state index is 10.3. The summed E-state index contributed by atoms with van der Waals surface area (Å²) in [7, 11) is 0. The lowest BCUT2D eigenvalue weighted by Crippen LogP contribution is -2.31. The molecule has 0 aliphatic rings. The maximum Gasteiger partial charge on any atom is 0.404 e. The van der Waals surface area contributed by atoms with Crippen molar-refractivity contribution < 1.29 is 14.6 Å². The SMILES string of the molecule is Cl.NC(=O)OC[C@@H](N)Cc1ccc(O)cc1. The second-order valence-corrected chi connectivity index (χ2v) is 3.26. The minimum atomic E-state index is -0.823. The van der Waals surface area contributed by atoms with E-state index >= 15 is 0 Å². The highest BCUT2D eigenvalue weighted by Gasteiger charge is 2.06. The molecule has 0 saturated carbocycles. The molecular weight excluding hydrogens is 232 g/mol. The summed E-state index contributed by atoms with van der Waals surface area (Å²) in [5, 5.41) is 9.05. The van der Waals surface area contributed by atoms with Crippen LogP contribution in [0.3, 0.4) is 0 Å². The van der Waals surface area contributed by atoms with E-state index < -0.39 is 6.09 Å². The van der Waals surface area contributed by atoms with E-state index in [1.54, 1.807) is 24.3 Å². The molecule has 0 radical (unpaired) electrons. The Morgan fingerprint density at radius 3 is 2.44 bits per heavy atom. The summed E-state index contributed by atoms with van der Waals surface area (Å²) in [5.74, 6) is 0.209. The van der Waals surface area contributed by atoms with Crippen LogP contribution in [0.2, 0.25) is 0 Å². The molecule has 0 aliphatic heterocycles. The van der Waals surface area contributed by atoms with Crippen molar-refractivity contribution in [1.29, 1.82) is 0 Å². The molecule has 0 spiro atoms. The minimum Gasteiger partial charge on any atom is -0.508 e. The molecule has 1 rings (SSSR count). The van der Waals surface area contributed by atoms with Gasteiger partial charge in [-0.25, -0.2) is 4.79 Å². The number of rotatable bonds is 4. The van der Waals surface area contributed by atoms with Crippen molar-refractivity contribution in [2.75, 3.05) is 6.61 Å². The van der Waals surface area contributed by atoms with Crippen LogP contribution in [0.5, 0.6) is 5.75 Å². The van der Waals surface area contributed by atoms with Gasteiger partial charge in [-0.1, -0.05) is 12.1 Å². The lowest BCUT2D eigenvalue weighted by atomic mass is 10.1. The van der Waals surface area contributed by atoms with Crippen LogP contribution in [0, 0.1) is 0 Å². The van der Waals surface area contributed by atoms with Crippen molar-refractivity contribution in [2.45, 2.75) is 12.5 Å². The Kier molecular flexibility index (Phi) is 6.29. The fourth-order valence-corrected chi connectivity index (χ4v) is 1.18. The fraction of sp³-hybridized carbons (Fsp3) is 0.300. The van der Waals surface area contributed by atoms with E-state index in [4.69, 9.17) is 16.6 Å². The number of benzene rings is 1. The number of ether oxygens (including phenoxy) is 1. The summed E-state index contributed by atoms with van der Waals surface area (Å²) in [4.78, 5) is 10.3. The van der Waals surface area contributed by atoms with Gasteiger partial charge in [-0.3, -0.25) is 0 Å². The number of aromatic hydroxyl groups is 1. The molecule has 16 heavy (non-hydrogen) atoms. The average Bonchev–Trinajstić information content (AvgIpc) is 2.19. The predicted molar refractivity (Wildman–Crippen MR) is 62.6 cm³/mol. The Morgan fingerprint density at radius 1 is 1.38 bits per heavy atom. The van der Waals surface area contributed by atoms with E-state index in [1.165, 1.54) is 0 Å².